The van der Waals surface area contributed by atoms with Crippen LogP contribution in [0.25, 0.3) is 16.8 Å². The van der Waals surface area contributed by atoms with Crippen molar-refractivity contribution in [2.45, 2.75) is 13.8 Å². The molecule has 0 atom stereocenters. The molecule has 0 saturated carbocycles. The van der Waals surface area contributed by atoms with Crippen molar-refractivity contribution < 1.29 is 9.53 Å². The van der Waals surface area contributed by atoms with Gasteiger partial charge >= 0.3 is 0 Å². The number of aryl methyl sites for hydroxylation is 2. The summed E-state index contributed by atoms with van der Waals surface area (Å²) < 4.78 is 5.66. The maximum Gasteiger partial charge on any atom is 0.271 e. The summed E-state index contributed by atoms with van der Waals surface area (Å²) in [5, 5.41) is 2.77. The number of nitrogens with zero attached hydrogens (tertiary/aromatic N) is 2. The molecule has 0 N–H and O–H groups in total. The highest BCUT2D eigenvalue weighted by atomic mass is 32.2. The Morgan fingerprint density at radius 2 is 1.56 bits per heavy atom. The Hall–Kier alpha value is -3.83. The molecule has 5 rings (SSSR count). The smallest absolute Gasteiger partial charge is 0.271 e. The van der Waals surface area contributed by atoms with E-state index in [2.05, 4.69) is 12.1 Å². The van der Waals surface area contributed by atoms with E-state index in [1.54, 1.807) is 12.0 Å². The van der Waals surface area contributed by atoms with Gasteiger partial charge in [-0.15, -0.1) is 0 Å². The first kappa shape index (κ1) is 22.0. The van der Waals surface area contributed by atoms with Crippen LogP contribution in [0.5, 0.6) is 5.75 Å². The Balaban J connectivity index is 1.68. The zero-order chi connectivity index (χ0) is 23.7. The predicted octanol–water partition coefficient (Wildman–Crippen LogP) is 7.27. The van der Waals surface area contributed by atoms with Crippen LogP contribution in [0.3, 0.4) is 0 Å². The average Bonchev–Trinajstić information content (AvgIpc) is 3.15. The zero-order valence-electron chi connectivity index (χ0n) is 19.3. The molecule has 1 aliphatic heterocycles. The van der Waals surface area contributed by atoms with E-state index in [1.165, 1.54) is 11.8 Å². The van der Waals surface area contributed by atoms with Crippen LogP contribution in [-0.4, -0.2) is 18.2 Å². The number of carbonyl (C=O) groups excluding carboxylic acids is 1. The van der Waals surface area contributed by atoms with Crippen LogP contribution in [0.1, 0.15) is 16.7 Å². The zero-order valence-corrected chi connectivity index (χ0v) is 20.1. The van der Waals surface area contributed by atoms with Crippen molar-refractivity contribution in [3.05, 3.63) is 107 Å². The molecule has 0 aromatic heterocycles. The molecule has 34 heavy (non-hydrogen) atoms. The summed E-state index contributed by atoms with van der Waals surface area (Å²) in [4.78, 5) is 21.0. The molecule has 0 radical (unpaired) electrons. The molecule has 1 heterocycles. The molecule has 5 heteroatoms. The molecule has 0 unspecified atom stereocenters. The van der Waals surface area contributed by atoms with Crippen molar-refractivity contribution in [1.82, 2.24) is 0 Å². The maximum absolute atomic E-state index is 13.8. The minimum absolute atomic E-state index is 0.0957. The fourth-order valence-corrected chi connectivity index (χ4v) is 5.07. The second kappa shape index (κ2) is 9.20. The highest BCUT2D eigenvalue weighted by Gasteiger charge is 2.35. The van der Waals surface area contributed by atoms with Gasteiger partial charge in [0.1, 0.15) is 5.75 Å². The third-order valence-electron chi connectivity index (χ3n) is 5.92. The van der Waals surface area contributed by atoms with Crippen LogP contribution in [0.4, 0.5) is 11.4 Å². The number of aliphatic imine (C=N–C) groups is 1. The predicted molar refractivity (Wildman–Crippen MR) is 143 cm³/mol. The lowest BCUT2D eigenvalue weighted by Crippen LogP contribution is -2.29. The molecule has 168 valence electrons. The van der Waals surface area contributed by atoms with Crippen molar-refractivity contribution >= 4 is 51.1 Å². The number of carbonyl (C=O) groups is 1. The standard InChI is InChI=1S/C29H24N2O2S/c1-19-10-4-8-14-24(19)30-29-31(25-15-9-5-11-20(25)2)28(32)27(34-29)18-23-22-13-7-6-12-21(22)16-17-26(23)33-3/h4-18H,1-3H3. The monoisotopic (exact) mass is 464 g/mol. The summed E-state index contributed by atoms with van der Waals surface area (Å²) in [6.07, 6.45) is 1.93. The van der Waals surface area contributed by atoms with Gasteiger partial charge in [-0.25, -0.2) is 4.99 Å². The quantitative estimate of drug-likeness (QED) is 0.298. The van der Waals surface area contributed by atoms with Crippen LogP contribution < -0.4 is 9.64 Å². The number of anilines is 1. The topological polar surface area (TPSA) is 41.9 Å². The summed E-state index contributed by atoms with van der Waals surface area (Å²) >= 11 is 1.39. The van der Waals surface area contributed by atoms with Crippen LogP contribution in [0.2, 0.25) is 0 Å². The number of rotatable bonds is 4. The lowest BCUT2D eigenvalue weighted by atomic mass is 10.0. The summed E-state index contributed by atoms with van der Waals surface area (Å²) in [5.74, 6) is 0.632. The molecule has 0 aliphatic carbocycles. The Kier molecular flexibility index (Phi) is 5.95. The number of ether oxygens (including phenoxy) is 1. The Bertz CT molecular complexity index is 1470. The number of methoxy groups -OCH3 is 1. The van der Waals surface area contributed by atoms with Crippen molar-refractivity contribution in [3.63, 3.8) is 0 Å². The second-order valence-electron chi connectivity index (χ2n) is 8.12. The van der Waals surface area contributed by atoms with Gasteiger partial charge in [-0.2, -0.15) is 0 Å². The van der Waals surface area contributed by atoms with E-state index < -0.39 is 0 Å². The Morgan fingerprint density at radius 3 is 2.32 bits per heavy atom. The van der Waals surface area contributed by atoms with Gasteiger partial charge in [-0.3, -0.25) is 9.69 Å². The van der Waals surface area contributed by atoms with Crippen LogP contribution >= 0.6 is 11.8 Å². The molecular weight excluding hydrogens is 440 g/mol. The number of thioether (sulfide) groups is 1. The first-order valence-corrected chi connectivity index (χ1v) is 11.9. The largest absolute Gasteiger partial charge is 0.496 e. The number of amidine groups is 1. The number of fused-ring (bicyclic) bond motifs is 1. The van der Waals surface area contributed by atoms with E-state index >= 15 is 0 Å². The summed E-state index contributed by atoms with van der Waals surface area (Å²) in [5.41, 5.74) is 4.64. The van der Waals surface area contributed by atoms with Crippen molar-refractivity contribution in [3.8, 4) is 5.75 Å². The van der Waals surface area contributed by atoms with E-state index in [-0.39, 0.29) is 5.91 Å². The molecule has 1 amide bonds. The first-order chi connectivity index (χ1) is 16.6. The van der Waals surface area contributed by atoms with E-state index in [4.69, 9.17) is 9.73 Å². The van der Waals surface area contributed by atoms with Crippen LogP contribution in [-0.2, 0) is 4.79 Å². The van der Waals surface area contributed by atoms with E-state index in [9.17, 15) is 4.79 Å². The molecule has 1 saturated heterocycles. The molecule has 1 fully saturated rings. The van der Waals surface area contributed by atoms with E-state index in [0.29, 0.717) is 10.1 Å². The lowest BCUT2D eigenvalue weighted by molar-refractivity contribution is -0.113. The number of hydrogen-bond acceptors (Lipinski definition) is 4. The third-order valence-corrected chi connectivity index (χ3v) is 6.89. The minimum atomic E-state index is -0.0957. The number of para-hydroxylation sites is 2. The van der Waals surface area contributed by atoms with Gasteiger partial charge < -0.3 is 4.74 Å². The molecule has 0 bridgehead atoms. The average molecular weight is 465 g/mol. The second-order valence-corrected chi connectivity index (χ2v) is 9.13. The maximum atomic E-state index is 13.8. The number of hydrogen-bond donors (Lipinski definition) is 0. The summed E-state index contributed by atoms with van der Waals surface area (Å²) in [6, 6.07) is 27.9. The first-order valence-electron chi connectivity index (χ1n) is 11.1. The summed E-state index contributed by atoms with van der Waals surface area (Å²) in [7, 11) is 1.65. The van der Waals surface area contributed by atoms with Crippen LogP contribution in [0, 0.1) is 13.8 Å². The van der Waals surface area contributed by atoms with E-state index in [0.717, 1.165) is 44.6 Å². The van der Waals surface area contributed by atoms with E-state index in [1.807, 2.05) is 92.7 Å². The molecule has 4 nitrogen and oxygen atoms in total. The third kappa shape index (κ3) is 3.99. The highest BCUT2D eigenvalue weighted by Crippen LogP contribution is 2.40. The van der Waals surface area contributed by atoms with Gasteiger partial charge in [0.05, 0.1) is 23.4 Å². The fourth-order valence-electron chi connectivity index (χ4n) is 4.10. The molecule has 4 aromatic rings. The van der Waals surface area contributed by atoms with Gasteiger partial charge in [0, 0.05) is 5.56 Å². The molecule has 4 aromatic carbocycles. The molecule has 1 aliphatic rings. The highest BCUT2D eigenvalue weighted by molar-refractivity contribution is 8.19. The molecular formula is C29H24N2O2S. The normalized spacial score (nSPS) is 16.1. The van der Waals surface area contributed by atoms with Gasteiger partial charge in [-0.1, -0.05) is 66.7 Å². The van der Waals surface area contributed by atoms with Crippen molar-refractivity contribution in [2.75, 3.05) is 12.0 Å². The fraction of sp³-hybridized carbons (Fsp3) is 0.103. The van der Waals surface area contributed by atoms with Crippen LogP contribution in [0.15, 0.2) is 94.8 Å². The minimum Gasteiger partial charge on any atom is -0.496 e. The van der Waals surface area contributed by atoms with Gasteiger partial charge in [-0.05, 0) is 71.8 Å². The Labute approximate surface area is 203 Å². The van der Waals surface area contributed by atoms with Gasteiger partial charge in [0.2, 0.25) is 0 Å². The molecule has 0 spiro atoms. The number of amides is 1. The van der Waals surface area contributed by atoms with Crippen molar-refractivity contribution in [1.29, 1.82) is 0 Å². The van der Waals surface area contributed by atoms with Crippen molar-refractivity contribution in [2.24, 2.45) is 4.99 Å². The lowest BCUT2D eigenvalue weighted by Gasteiger charge is -2.18. The summed E-state index contributed by atoms with van der Waals surface area (Å²) in [6.45, 7) is 4.03. The Morgan fingerprint density at radius 1 is 0.853 bits per heavy atom. The van der Waals surface area contributed by atoms with Gasteiger partial charge in [0.25, 0.3) is 5.91 Å². The van der Waals surface area contributed by atoms with Gasteiger partial charge in [0.15, 0.2) is 5.17 Å². The number of benzene rings is 4. The SMILES string of the molecule is COc1ccc2ccccc2c1C=C1SC(=Nc2ccccc2C)N(c2ccccc2C)C1=O.